The number of nitrogen functional groups attached to an aromatic ring is 1. The van der Waals surface area contributed by atoms with Crippen LogP contribution >= 0.6 is 15.9 Å². The van der Waals surface area contributed by atoms with E-state index in [0.717, 1.165) is 6.07 Å². The summed E-state index contributed by atoms with van der Waals surface area (Å²) in [5.41, 5.74) is 3.63. The number of carbonyl (C=O) groups is 1. The predicted octanol–water partition coefficient (Wildman–Crippen LogP) is 2.01. The molecule has 0 atom stereocenters. The average molecular weight is 252 g/mol. The number of carboxylic acids is 1. The minimum absolute atomic E-state index is 0.177. The van der Waals surface area contributed by atoms with Crippen molar-refractivity contribution in [2.24, 2.45) is 0 Å². The first-order chi connectivity index (χ1) is 5.95. The Morgan fingerprint density at radius 1 is 1.46 bits per heavy atom. The van der Waals surface area contributed by atoms with Crippen molar-refractivity contribution in [2.45, 2.75) is 0 Å². The molecule has 13 heavy (non-hydrogen) atoms. The fraction of sp³-hybridized carbons (Fsp3) is 0. The molecular formula is C7H4BrF2NO2. The van der Waals surface area contributed by atoms with Gasteiger partial charge in [-0.25, -0.2) is 13.6 Å². The van der Waals surface area contributed by atoms with Crippen molar-refractivity contribution in [1.82, 2.24) is 0 Å². The van der Waals surface area contributed by atoms with Crippen LogP contribution in [-0.2, 0) is 0 Å². The van der Waals surface area contributed by atoms with Gasteiger partial charge in [-0.3, -0.25) is 0 Å². The molecule has 3 nitrogen and oxygen atoms in total. The van der Waals surface area contributed by atoms with E-state index >= 15 is 0 Å². The van der Waals surface area contributed by atoms with Gasteiger partial charge in [-0.1, -0.05) is 0 Å². The van der Waals surface area contributed by atoms with E-state index in [0.29, 0.717) is 0 Å². The molecule has 0 amide bonds. The van der Waals surface area contributed by atoms with Gasteiger partial charge in [0.15, 0.2) is 11.6 Å². The van der Waals surface area contributed by atoms with Gasteiger partial charge in [0.25, 0.3) is 0 Å². The molecule has 0 unspecified atom stereocenters. The zero-order valence-electron chi connectivity index (χ0n) is 6.14. The monoisotopic (exact) mass is 251 g/mol. The van der Waals surface area contributed by atoms with Crippen LogP contribution in [0, 0.1) is 11.6 Å². The molecule has 0 fully saturated rings. The van der Waals surface area contributed by atoms with Crippen molar-refractivity contribution in [3.8, 4) is 0 Å². The fourth-order valence-corrected chi connectivity index (χ4v) is 1.26. The van der Waals surface area contributed by atoms with E-state index in [9.17, 15) is 13.6 Å². The maximum atomic E-state index is 13.0. The quantitative estimate of drug-likeness (QED) is 0.593. The van der Waals surface area contributed by atoms with Crippen LogP contribution in [0.5, 0.6) is 0 Å². The highest BCUT2D eigenvalue weighted by molar-refractivity contribution is 9.10. The number of carboxylic acid groups (broad SMARTS) is 1. The van der Waals surface area contributed by atoms with Crippen LogP contribution < -0.4 is 5.73 Å². The molecule has 1 aromatic rings. The summed E-state index contributed by atoms with van der Waals surface area (Å²) in [6, 6.07) is 0.969. The van der Waals surface area contributed by atoms with Crippen LogP contribution in [0.1, 0.15) is 10.4 Å². The van der Waals surface area contributed by atoms with Crippen molar-refractivity contribution in [3.63, 3.8) is 0 Å². The summed E-state index contributed by atoms with van der Waals surface area (Å²) in [6.45, 7) is 0. The minimum atomic E-state index is -1.69. The smallest absolute Gasteiger partial charge is 0.341 e. The topological polar surface area (TPSA) is 63.3 Å². The van der Waals surface area contributed by atoms with Crippen LogP contribution in [0.4, 0.5) is 14.5 Å². The summed E-state index contributed by atoms with van der Waals surface area (Å²) in [4.78, 5) is 10.4. The van der Waals surface area contributed by atoms with Gasteiger partial charge in [-0.15, -0.1) is 0 Å². The number of hydrogen-bond acceptors (Lipinski definition) is 2. The second kappa shape index (κ2) is 3.29. The van der Waals surface area contributed by atoms with Crippen molar-refractivity contribution in [2.75, 3.05) is 5.73 Å². The lowest BCUT2D eigenvalue weighted by molar-refractivity contribution is 0.0686. The van der Waals surface area contributed by atoms with Gasteiger partial charge in [0.05, 0.1) is 10.2 Å². The Morgan fingerprint density at radius 2 is 2.00 bits per heavy atom. The largest absolute Gasteiger partial charge is 0.477 e. The van der Waals surface area contributed by atoms with E-state index < -0.39 is 28.9 Å². The Bertz CT molecular complexity index is 355. The summed E-state index contributed by atoms with van der Waals surface area (Å²) in [5, 5.41) is 8.44. The van der Waals surface area contributed by atoms with Crippen LogP contribution in [0.25, 0.3) is 0 Å². The van der Waals surface area contributed by atoms with E-state index in [2.05, 4.69) is 15.9 Å². The first-order valence-corrected chi connectivity index (χ1v) is 3.90. The summed E-state index contributed by atoms with van der Waals surface area (Å²) < 4.78 is 25.7. The molecule has 0 aliphatic heterocycles. The third-order valence-electron chi connectivity index (χ3n) is 1.40. The van der Waals surface area contributed by atoms with Crippen LogP contribution in [0.3, 0.4) is 0 Å². The van der Waals surface area contributed by atoms with Crippen LogP contribution in [0.2, 0.25) is 0 Å². The second-order valence-electron chi connectivity index (χ2n) is 2.26. The highest BCUT2D eigenvalue weighted by Gasteiger charge is 2.21. The van der Waals surface area contributed by atoms with Crippen molar-refractivity contribution < 1.29 is 18.7 Å². The number of hydrogen-bond donors (Lipinski definition) is 2. The third kappa shape index (κ3) is 1.62. The first kappa shape index (κ1) is 9.91. The van der Waals surface area contributed by atoms with Gasteiger partial charge >= 0.3 is 5.97 Å². The van der Waals surface area contributed by atoms with E-state index in [1.807, 2.05) is 0 Å². The number of aromatic carboxylic acids is 1. The Kier molecular flexibility index (Phi) is 2.51. The standard InChI is InChI=1S/C7H4BrF2NO2/c8-2-1-3(11)6(10)4(5(2)9)7(12)13/h1H,11H2,(H,12,13). The van der Waals surface area contributed by atoms with E-state index in [1.165, 1.54) is 0 Å². The molecule has 0 aliphatic carbocycles. The Morgan fingerprint density at radius 3 is 2.46 bits per heavy atom. The second-order valence-corrected chi connectivity index (χ2v) is 3.11. The molecule has 0 saturated carbocycles. The van der Waals surface area contributed by atoms with E-state index in [1.54, 1.807) is 0 Å². The molecule has 0 spiro atoms. The maximum absolute atomic E-state index is 13.0. The molecule has 70 valence electrons. The lowest BCUT2D eigenvalue weighted by atomic mass is 10.2. The summed E-state index contributed by atoms with van der Waals surface area (Å²) >= 11 is 2.71. The maximum Gasteiger partial charge on any atom is 0.341 e. The number of anilines is 1. The molecule has 0 heterocycles. The minimum Gasteiger partial charge on any atom is -0.477 e. The molecule has 1 aromatic carbocycles. The summed E-state index contributed by atoms with van der Waals surface area (Å²) in [6.07, 6.45) is 0. The molecule has 1 rings (SSSR count). The van der Waals surface area contributed by atoms with Crippen LogP contribution in [-0.4, -0.2) is 11.1 Å². The molecule has 0 aliphatic rings. The third-order valence-corrected chi connectivity index (χ3v) is 1.98. The lowest BCUT2D eigenvalue weighted by Gasteiger charge is -2.04. The average Bonchev–Trinajstić information content (AvgIpc) is 2.01. The highest BCUT2D eigenvalue weighted by atomic mass is 79.9. The van der Waals surface area contributed by atoms with Crippen molar-refractivity contribution in [3.05, 3.63) is 27.7 Å². The zero-order chi connectivity index (χ0) is 10.2. The molecule has 0 bridgehead atoms. The lowest BCUT2D eigenvalue weighted by Crippen LogP contribution is -2.08. The van der Waals surface area contributed by atoms with Gasteiger partial charge in [-0.05, 0) is 22.0 Å². The first-order valence-electron chi connectivity index (χ1n) is 3.11. The molecule has 6 heteroatoms. The predicted molar refractivity (Wildman–Crippen MR) is 45.4 cm³/mol. The summed E-state index contributed by atoms with van der Waals surface area (Å²) in [5.74, 6) is -4.12. The van der Waals surface area contributed by atoms with E-state index in [4.69, 9.17) is 10.8 Å². The molecule has 0 radical (unpaired) electrons. The number of nitrogens with two attached hydrogens (primary N) is 1. The van der Waals surface area contributed by atoms with Gasteiger partial charge < -0.3 is 10.8 Å². The van der Waals surface area contributed by atoms with E-state index in [-0.39, 0.29) is 4.47 Å². The molecule has 0 saturated heterocycles. The Hall–Kier alpha value is -1.17. The fourth-order valence-electron chi connectivity index (χ4n) is 0.811. The van der Waals surface area contributed by atoms with Gasteiger partial charge in [0.2, 0.25) is 0 Å². The molecule has 3 N–H and O–H groups in total. The number of rotatable bonds is 1. The van der Waals surface area contributed by atoms with Crippen molar-refractivity contribution >= 4 is 27.6 Å². The van der Waals surface area contributed by atoms with Crippen LogP contribution in [0.15, 0.2) is 10.5 Å². The number of benzene rings is 1. The molecular weight excluding hydrogens is 248 g/mol. The highest BCUT2D eigenvalue weighted by Crippen LogP contribution is 2.26. The SMILES string of the molecule is Nc1cc(Br)c(F)c(C(=O)O)c1F. The molecule has 0 aromatic heterocycles. The van der Waals surface area contributed by atoms with Crippen molar-refractivity contribution in [1.29, 1.82) is 0 Å². The van der Waals surface area contributed by atoms with Gasteiger partial charge in [0.1, 0.15) is 5.56 Å². The summed E-state index contributed by atoms with van der Waals surface area (Å²) in [7, 11) is 0. The number of halogens is 3. The van der Waals surface area contributed by atoms with Gasteiger partial charge in [-0.2, -0.15) is 0 Å². The Balaban J connectivity index is 3.56. The zero-order valence-corrected chi connectivity index (χ0v) is 7.73. The Labute approximate surface area is 80.3 Å². The van der Waals surface area contributed by atoms with Gasteiger partial charge in [0, 0.05) is 0 Å². The normalized spacial score (nSPS) is 10.1.